The monoisotopic (exact) mass is 340 g/mol. The third kappa shape index (κ3) is 2.78. The molecule has 0 radical (unpaired) electrons. The molecule has 0 aromatic carbocycles. The number of hydrogen-bond acceptors (Lipinski definition) is 4. The number of carbonyl (C=O) groups excluding carboxylic acids is 1. The second kappa shape index (κ2) is 5.50. The van der Waals surface area contributed by atoms with Crippen LogP contribution in [0, 0.1) is 11.8 Å². The topological polar surface area (TPSA) is 53.0 Å². The fraction of sp³-hybridized carbons (Fsp3) is 0.900. The maximum absolute atomic E-state index is 11.6. The van der Waals surface area contributed by atoms with Crippen LogP contribution in [0.2, 0.25) is 0 Å². The Morgan fingerprint density at radius 2 is 1.94 bits per heavy atom. The van der Waals surface area contributed by atoms with E-state index < -0.39 is 0 Å². The van der Waals surface area contributed by atoms with E-state index in [0.29, 0.717) is 24.9 Å². The van der Waals surface area contributed by atoms with Crippen molar-refractivity contribution in [2.75, 3.05) is 39.4 Å². The number of ether oxygens (including phenoxy) is 1. The van der Waals surface area contributed by atoms with E-state index >= 15 is 0 Å². The third-order valence-corrected chi connectivity index (χ3v) is 4.02. The van der Waals surface area contributed by atoms with Crippen LogP contribution in [0.4, 0.5) is 4.79 Å². The first-order chi connectivity index (χ1) is 7.70. The SMILES string of the molecule is O=C(OCCCO)N1C[C@H]2CN(I)C[C@H]2C1. The molecule has 2 atom stereocenters. The summed E-state index contributed by atoms with van der Waals surface area (Å²) in [4.78, 5) is 13.4. The minimum Gasteiger partial charge on any atom is -0.449 e. The summed E-state index contributed by atoms with van der Waals surface area (Å²) in [5.74, 6) is 1.23. The van der Waals surface area contributed by atoms with E-state index in [1.807, 2.05) is 0 Å². The molecular weight excluding hydrogens is 323 g/mol. The van der Waals surface area contributed by atoms with Crippen LogP contribution in [-0.4, -0.2) is 58.6 Å². The van der Waals surface area contributed by atoms with Gasteiger partial charge in [0.1, 0.15) is 0 Å². The number of amides is 1. The average Bonchev–Trinajstić information content (AvgIpc) is 2.74. The lowest BCUT2D eigenvalue weighted by Crippen LogP contribution is -2.32. The normalized spacial score (nSPS) is 29.5. The van der Waals surface area contributed by atoms with Gasteiger partial charge >= 0.3 is 6.09 Å². The summed E-state index contributed by atoms with van der Waals surface area (Å²) in [7, 11) is 0. The second-order valence-electron chi connectivity index (χ2n) is 4.44. The summed E-state index contributed by atoms with van der Waals surface area (Å²) in [6.45, 7) is 4.18. The Hall–Kier alpha value is -0.0800. The number of likely N-dealkylation sites (tertiary alicyclic amines) is 1. The highest BCUT2D eigenvalue weighted by molar-refractivity contribution is 14.1. The highest BCUT2D eigenvalue weighted by Gasteiger charge is 2.41. The first-order valence-electron chi connectivity index (χ1n) is 5.64. The van der Waals surface area contributed by atoms with E-state index in [9.17, 15) is 4.79 Å². The Bertz CT molecular complexity index is 250. The van der Waals surface area contributed by atoms with Crippen LogP contribution in [0.1, 0.15) is 6.42 Å². The van der Waals surface area contributed by atoms with Gasteiger partial charge in [0.05, 0.1) is 6.61 Å². The summed E-state index contributed by atoms with van der Waals surface area (Å²) < 4.78 is 7.36. The number of hydrogen-bond donors (Lipinski definition) is 1. The fourth-order valence-electron chi connectivity index (χ4n) is 2.40. The molecule has 0 spiro atoms. The summed E-state index contributed by atoms with van der Waals surface area (Å²) >= 11 is 2.34. The van der Waals surface area contributed by atoms with Crippen molar-refractivity contribution in [1.82, 2.24) is 8.01 Å². The van der Waals surface area contributed by atoms with Crippen LogP contribution in [0.5, 0.6) is 0 Å². The van der Waals surface area contributed by atoms with Crippen molar-refractivity contribution in [3.63, 3.8) is 0 Å². The zero-order chi connectivity index (χ0) is 11.5. The number of carbonyl (C=O) groups is 1. The molecule has 5 nitrogen and oxygen atoms in total. The zero-order valence-electron chi connectivity index (χ0n) is 9.14. The van der Waals surface area contributed by atoms with E-state index in [1.54, 1.807) is 4.90 Å². The molecule has 0 saturated carbocycles. The maximum Gasteiger partial charge on any atom is 0.409 e. The molecule has 2 aliphatic rings. The van der Waals surface area contributed by atoms with Gasteiger partial charge in [-0.25, -0.2) is 7.91 Å². The number of aliphatic hydroxyl groups is 1. The lowest BCUT2D eigenvalue weighted by Gasteiger charge is -2.18. The summed E-state index contributed by atoms with van der Waals surface area (Å²) in [6, 6.07) is 0. The number of aliphatic hydroxyl groups excluding tert-OH is 1. The van der Waals surface area contributed by atoms with Gasteiger partial charge in [0.2, 0.25) is 0 Å². The maximum atomic E-state index is 11.6. The van der Waals surface area contributed by atoms with Crippen LogP contribution < -0.4 is 0 Å². The molecule has 6 heteroatoms. The lowest BCUT2D eigenvalue weighted by atomic mass is 10.0. The molecule has 16 heavy (non-hydrogen) atoms. The Morgan fingerprint density at radius 3 is 2.50 bits per heavy atom. The predicted octanol–water partition coefficient (Wildman–Crippen LogP) is 0.719. The van der Waals surface area contributed by atoms with Gasteiger partial charge in [-0.3, -0.25) is 0 Å². The molecule has 1 amide bonds. The minimum atomic E-state index is -0.220. The largest absolute Gasteiger partial charge is 0.449 e. The van der Waals surface area contributed by atoms with E-state index in [4.69, 9.17) is 9.84 Å². The van der Waals surface area contributed by atoms with Gasteiger partial charge in [0.25, 0.3) is 0 Å². The van der Waals surface area contributed by atoms with E-state index in [2.05, 4.69) is 26.0 Å². The molecule has 0 aromatic heterocycles. The molecule has 0 bridgehead atoms. The Labute approximate surface area is 109 Å². The first kappa shape index (κ1) is 12.4. The quantitative estimate of drug-likeness (QED) is 0.467. The number of nitrogens with zero attached hydrogens (tertiary/aromatic N) is 2. The van der Waals surface area contributed by atoms with Gasteiger partial charge in [-0.15, -0.1) is 0 Å². The lowest BCUT2D eigenvalue weighted by molar-refractivity contribution is 0.100. The molecule has 1 N–H and O–H groups in total. The van der Waals surface area contributed by atoms with Gasteiger partial charge < -0.3 is 14.7 Å². The van der Waals surface area contributed by atoms with Crippen molar-refractivity contribution >= 4 is 29.0 Å². The van der Waals surface area contributed by atoms with Crippen LogP contribution in [0.25, 0.3) is 0 Å². The van der Waals surface area contributed by atoms with Crippen LogP contribution in [0.15, 0.2) is 0 Å². The zero-order valence-corrected chi connectivity index (χ0v) is 11.3. The van der Waals surface area contributed by atoms with Crippen LogP contribution >= 0.6 is 22.9 Å². The Morgan fingerprint density at radius 1 is 1.31 bits per heavy atom. The third-order valence-electron chi connectivity index (χ3n) is 3.23. The van der Waals surface area contributed by atoms with E-state index in [1.165, 1.54) is 0 Å². The van der Waals surface area contributed by atoms with Crippen molar-refractivity contribution in [3.8, 4) is 0 Å². The van der Waals surface area contributed by atoms with Crippen LogP contribution in [0.3, 0.4) is 0 Å². The highest BCUT2D eigenvalue weighted by Crippen LogP contribution is 2.32. The smallest absolute Gasteiger partial charge is 0.409 e. The van der Waals surface area contributed by atoms with Crippen LogP contribution in [-0.2, 0) is 4.74 Å². The summed E-state index contributed by atoms with van der Waals surface area (Å²) in [5.41, 5.74) is 0. The Balaban J connectivity index is 1.75. The molecule has 2 heterocycles. The Kier molecular flexibility index (Phi) is 4.26. The highest BCUT2D eigenvalue weighted by atomic mass is 127. The summed E-state index contributed by atoms with van der Waals surface area (Å²) in [5, 5.41) is 8.59. The van der Waals surface area contributed by atoms with Gasteiger partial charge in [-0.1, -0.05) is 0 Å². The molecule has 0 aromatic rings. The molecule has 0 aliphatic carbocycles. The van der Waals surface area contributed by atoms with Crippen molar-refractivity contribution < 1.29 is 14.6 Å². The molecule has 2 fully saturated rings. The van der Waals surface area contributed by atoms with E-state index in [-0.39, 0.29) is 12.7 Å². The van der Waals surface area contributed by atoms with Gasteiger partial charge in [-0.2, -0.15) is 0 Å². The van der Waals surface area contributed by atoms with Crippen molar-refractivity contribution in [2.45, 2.75) is 6.42 Å². The minimum absolute atomic E-state index is 0.0718. The molecule has 2 rings (SSSR count). The van der Waals surface area contributed by atoms with Gasteiger partial charge in [0, 0.05) is 62.1 Å². The van der Waals surface area contributed by atoms with E-state index in [0.717, 1.165) is 26.2 Å². The standard InChI is InChI=1S/C10H17IN2O3/c11-13-6-8-4-12(5-9(8)7-13)10(15)16-3-1-2-14/h8-9,14H,1-7H2/t8-,9+. The molecule has 92 valence electrons. The molecule has 2 saturated heterocycles. The van der Waals surface area contributed by atoms with Crippen molar-refractivity contribution in [1.29, 1.82) is 0 Å². The fourth-order valence-corrected chi connectivity index (χ4v) is 3.41. The number of fused-ring (bicyclic) bond motifs is 1. The van der Waals surface area contributed by atoms with Crippen molar-refractivity contribution in [3.05, 3.63) is 0 Å². The second-order valence-corrected chi connectivity index (χ2v) is 5.81. The molecular formula is C10H17IN2O3. The van der Waals surface area contributed by atoms with Crippen molar-refractivity contribution in [2.24, 2.45) is 11.8 Å². The number of rotatable bonds is 3. The predicted molar refractivity (Wildman–Crippen MR) is 67.2 cm³/mol. The first-order valence-corrected chi connectivity index (χ1v) is 6.60. The molecule has 2 aliphatic heterocycles. The summed E-state index contributed by atoms with van der Waals surface area (Å²) in [6.07, 6.45) is 0.302. The number of halogens is 1. The van der Waals surface area contributed by atoms with Gasteiger partial charge in [-0.05, 0) is 11.8 Å². The average molecular weight is 340 g/mol. The molecule has 0 unspecified atom stereocenters. The van der Waals surface area contributed by atoms with Gasteiger partial charge in [0.15, 0.2) is 0 Å².